The van der Waals surface area contributed by atoms with Crippen molar-refractivity contribution in [3.63, 3.8) is 0 Å². The predicted octanol–water partition coefficient (Wildman–Crippen LogP) is 2.03. The number of ether oxygens (including phenoxy) is 1. The molecule has 0 spiro atoms. The smallest absolute Gasteiger partial charge is 0.169 e. The van der Waals surface area contributed by atoms with E-state index >= 15 is 0 Å². The summed E-state index contributed by atoms with van der Waals surface area (Å²) in [6.45, 7) is 5.86. The fourth-order valence-electron chi connectivity index (χ4n) is 4.36. The quantitative estimate of drug-likeness (QED) is 0.757. The number of quaternary nitrogens is 1. The van der Waals surface area contributed by atoms with Gasteiger partial charge in [-0.1, -0.05) is 60.7 Å². The molecule has 0 amide bonds. The molecule has 2 N–H and O–H groups in total. The Labute approximate surface area is 173 Å². The Kier molecular flexibility index (Phi) is 6.57. The van der Waals surface area contributed by atoms with E-state index in [0.29, 0.717) is 12.1 Å². The molecule has 2 aromatic rings. The summed E-state index contributed by atoms with van der Waals surface area (Å²) in [5.41, 5.74) is 2.77. The number of benzene rings is 2. The van der Waals surface area contributed by atoms with E-state index < -0.39 is 0 Å². The van der Waals surface area contributed by atoms with Gasteiger partial charge in [0.05, 0.1) is 32.3 Å². The third-order valence-electron chi connectivity index (χ3n) is 5.87. The molecule has 2 aliphatic heterocycles. The van der Waals surface area contributed by atoms with Gasteiger partial charge >= 0.3 is 0 Å². The van der Waals surface area contributed by atoms with Crippen LogP contribution in [0.15, 0.2) is 60.7 Å². The number of nitrogens with one attached hydrogen (secondary N) is 2. The number of rotatable bonds is 5. The van der Waals surface area contributed by atoms with Crippen LogP contribution in [-0.2, 0) is 4.74 Å². The first kappa shape index (κ1) is 19.4. The van der Waals surface area contributed by atoms with E-state index in [0.717, 1.165) is 50.9 Å². The minimum absolute atomic E-state index is 0.324. The van der Waals surface area contributed by atoms with Crippen molar-refractivity contribution in [1.82, 2.24) is 10.2 Å². The molecule has 2 aliphatic rings. The Hall–Kier alpha value is -1.95. The first-order chi connectivity index (χ1) is 13.8. The summed E-state index contributed by atoms with van der Waals surface area (Å²) in [6, 6.07) is 22.2. The second kappa shape index (κ2) is 9.50. The molecule has 148 valence electrons. The van der Waals surface area contributed by atoms with Gasteiger partial charge < -0.3 is 19.9 Å². The Morgan fingerprint density at radius 1 is 1.04 bits per heavy atom. The minimum atomic E-state index is 0.324. The molecule has 2 aromatic carbocycles. The van der Waals surface area contributed by atoms with Crippen molar-refractivity contribution in [2.45, 2.75) is 25.0 Å². The van der Waals surface area contributed by atoms with Crippen molar-refractivity contribution in [2.24, 2.45) is 0 Å². The Morgan fingerprint density at radius 3 is 2.18 bits per heavy atom. The average Bonchev–Trinajstić information content (AvgIpc) is 3.28. The molecule has 2 heterocycles. The van der Waals surface area contributed by atoms with Crippen LogP contribution in [0.1, 0.15) is 30.0 Å². The molecule has 0 saturated carbocycles. The van der Waals surface area contributed by atoms with E-state index in [-0.39, 0.29) is 0 Å². The summed E-state index contributed by atoms with van der Waals surface area (Å²) in [4.78, 5) is 3.93. The van der Waals surface area contributed by atoms with Crippen molar-refractivity contribution in [2.75, 3.05) is 39.3 Å². The van der Waals surface area contributed by atoms with Crippen LogP contribution in [0.2, 0.25) is 0 Å². The van der Waals surface area contributed by atoms with Crippen LogP contribution in [-0.4, -0.2) is 55.4 Å². The number of piperazine rings is 1. The van der Waals surface area contributed by atoms with E-state index in [1.165, 1.54) is 17.5 Å². The Bertz CT molecular complexity index is 701. The van der Waals surface area contributed by atoms with Crippen molar-refractivity contribution >= 4 is 17.3 Å². The number of thiocarbonyl (C=S) groups is 1. The van der Waals surface area contributed by atoms with E-state index in [1.54, 1.807) is 4.90 Å². The lowest BCUT2D eigenvalue weighted by Gasteiger charge is -2.38. The lowest BCUT2D eigenvalue weighted by atomic mass is 9.96. The molecule has 2 fully saturated rings. The topological polar surface area (TPSA) is 28.9 Å². The van der Waals surface area contributed by atoms with Crippen molar-refractivity contribution < 1.29 is 9.64 Å². The molecule has 2 saturated heterocycles. The van der Waals surface area contributed by atoms with Crippen molar-refractivity contribution in [3.05, 3.63) is 71.8 Å². The minimum Gasteiger partial charge on any atom is -0.376 e. The molecule has 0 aliphatic carbocycles. The van der Waals surface area contributed by atoms with Gasteiger partial charge in [0.25, 0.3) is 0 Å². The summed E-state index contributed by atoms with van der Waals surface area (Å²) in [6.07, 6.45) is 2.63. The molecule has 1 atom stereocenters. The van der Waals surface area contributed by atoms with E-state index in [9.17, 15) is 0 Å². The van der Waals surface area contributed by atoms with Crippen LogP contribution in [0.5, 0.6) is 0 Å². The van der Waals surface area contributed by atoms with Gasteiger partial charge in [-0.2, -0.15) is 0 Å². The number of nitrogens with zero attached hydrogens (tertiary/aromatic N) is 1. The van der Waals surface area contributed by atoms with Crippen LogP contribution in [0.4, 0.5) is 0 Å². The monoisotopic (exact) mass is 396 g/mol. The fraction of sp³-hybridized carbons (Fsp3) is 0.435. The lowest BCUT2D eigenvalue weighted by Crippen LogP contribution is -3.15. The highest BCUT2D eigenvalue weighted by Gasteiger charge is 2.30. The Morgan fingerprint density at radius 2 is 1.64 bits per heavy atom. The first-order valence-electron chi connectivity index (χ1n) is 10.4. The van der Waals surface area contributed by atoms with Gasteiger partial charge in [-0.05, 0) is 25.1 Å². The highest BCUT2D eigenvalue weighted by Crippen LogP contribution is 2.19. The third kappa shape index (κ3) is 4.72. The van der Waals surface area contributed by atoms with Crippen LogP contribution in [0, 0.1) is 0 Å². The molecule has 4 nitrogen and oxygen atoms in total. The van der Waals surface area contributed by atoms with Gasteiger partial charge in [-0.25, -0.2) is 0 Å². The van der Waals surface area contributed by atoms with Crippen LogP contribution in [0.25, 0.3) is 0 Å². The third-order valence-corrected chi connectivity index (χ3v) is 6.27. The molecule has 0 aromatic heterocycles. The summed E-state index contributed by atoms with van der Waals surface area (Å²) in [5.74, 6) is 0. The van der Waals surface area contributed by atoms with E-state index in [4.69, 9.17) is 17.0 Å². The summed E-state index contributed by atoms with van der Waals surface area (Å²) < 4.78 is 5.69. The molecule has 0 bridgehead atoms. The largest absolute Gasteiger partial charge is 0.376 e. The predicted molar refractivity (Wildman–Crippen MR) is 117 cm³/mol. The maximum absolute atomic E-state index is 5.69. The standard InChI is InChI=1S/C23H29N3OS/c28-23(24-18-21-12-7-17-27-21)26-15-13-25(14-16-26)22(19-8-3-1-4-9-19)20-10-5-2-6-11-20/h1-6,8-11,21-22H,7,12-18H2,(H,24,28)/p+1/t21-/m0/s1. The first-order valence-corrected chi connectivity index (χ1v) is 10.8. The molecule has 4 rings (SSSR count). The van der Waals surface area contributed by atoms with Gasteiger partial charge in [0.1, 0.15) is 6.04 Å². The molecular weight excluding hydrogens is 366 g/mol. The highest BCUT2D eigenvalue weighted by molar-refractivity contribution is 7.80. The fourth-order valence-corrected chi connectivity index (χ4v) is 4.62. The maximum atomic E-state index is 5.69. The maximum Gasteiger partial charge on any atom is 0.169 e. The second-order valence-electron chi connectivity index (χ2n) is 7.72. The van der Waals surface area contributed by atoms with Gasteiger partial charge in [-0.3, -0.25) is 0 Å². The van der Waals surface area contributed by atoms with Crippen LogP contribution >= 0.6 is 12.2 Å². The van der Waals surface area contributed by atoms with Gasteiger partial charge in [-0.15, -0.1) is 0 Å². The summed E-state index contributed by atoms with van der Waals surface area (Å²) >= 11 is 5.65. The van der Waals surface area contributed by atoms with E-state index in [2.05, 4.69) is 70.9 Å². The number of hydrogen-bond acceptors (Lipinski definition) is 2. The Balaban J connectivity index is 1.38. The molecule has 5 heteroatoms. The zero-order chi connectivity index (χ0) is 19.2. The van der Waals surface area contributed by atoms with Crippen molar-refractivity contribution in [1.29, 1.82) is 0 Å². The van der Waals surface area contributed by atoms with E-state index in [1.807, 2.05) is 0 Å². The van der Waals surface area contributed by atoms with Crippen LogP contribution < -0.4 is 10.2 Å². The second-order valence-corrected chi connectivity index (χ2v) is 8.11. The molecular formula is C23H30N3OS+. The summed E-state index contributed by atoms with van der Waals surface area (Å²) in [7, 11) is 0. The zero-order valence-electron chi connectivity index (χ0n) is 16.3. The number of hydrogen-bond donors (Lipinski definition) is 2. The highest BCUT2D eigenvalue weighted by atomic mass is 32.1. The van der Waals surface area contributed by atoms with Crippen molar-refractivity contribution in [3.8, 4) is 0 Å². The molecule has 0 unspecified atom stereocenters. The summed E-state index contributed by atoms with van der Waals surface area (Å²) in [5, 5.41) is 4.30. The van der Waals surface area contributed by atoms with Gasteiger partial charge in [0.15, 0.2) is 5.11 Å². The van der Waals surface area contributed by atoms with Gasteiger partial charge in [0.2, 0.25) is 0 Å². The SMILES string of the molecule is S=C(NC[C@@H]1CCCO1)N1CC[NH+](C(c2ccccc2)c2ccccc2)CC1. The average molecular weight is 397 g/mol. The normalized spacial score (nSPS) is 20.5. The van der Waals surface area contributed by atoms with Crippen LogP contribution in [0.3, 0.4) is 0 Å². The lowest BCUT2D eigenvalue weighted by molar-refractivity contribution is -0.929. The molecule has 0 radical (unpaired) electrons. The van der Waals surface area contributed by atoms with Gasteiger partial charge in [0, 0.05) is 24.3 Å². The zero-order valence-corrected chi connectivity index (χ0v) is 17.2. The molecule has 28 heavy (non-hydrogen) atoms.